The molecule has 0 saturated heterocycles. The highest BCUT2D eigenvalue weighted by Crippen LogP contribution is 2.45. The first-order chi connectivity index (χ1) is 8.83. The molecule has 0 aliphatic heterocycles. The van der Waals surface area contributed by atoms with Gasteiger partial charge >= 0.3 is 0 Å². The Hall–Kier alpha value is -0.300. The predicted molar refractivity (Wildman–Crippen MR) is 77.5 cm³/mol. The minimum atomic E-state index is 0.731. The third-order valence-electron chi connectivity index (χ3n) is 5.58. The van der Waals surface area contributed by atoms with Crippen molar-refractivity contribution in [2.45, 2.75) is 76.8 Å². The largest absolute Gasteiger partial charge is 0.311 e. The summed E-state index contributed by atoms with van der Waals surface area (Å²) in [5, 5.41) is 3.98. The molecule has 1 nitrogen and oxygen atoms in total. The molecule has 0 aromatic carbocycles. The van der Waals surface area contributed by atoms with Gasteiger partial charge in [-0.3, -0.25) is 0 Å². The number of hydrogen-bond donors (Lipinski definition) is 1. The molecular weight excluding hydrogens is 218 g/mol. The molecule has 102 valence electrons. The van der Waals surface area contributed by atoms with Crippen molar-refractivity contribution in [3.05, 3.63) is 12.2 Å². The Kier molecular flexibility index (Phi) is 4.08. The molecule has 1 heteroatoms. The van der Waals surface area contributed by atoms with Crippen molar-refractivity contribution in [2.75, 3.05) is 0 Å². The molecule has 0 aromatic rings. The fourth-order valence-electron chi connectivity index (χ4n) is 4.52. The number of hydrogen-bond acceptors (Lipinski definition) is 1. The van der Waals surface area contributed by atoms with Crippen LogP contribution in [0, 0.1) is 17.8 Å². The lowest BCUT2D eigenvalue weighted by molar-refractivity contribution is 0.275. The maximum Gasteiger partial charge on any atom is 0.00754 e. The van der Waals surface area contributed by atoms with Gasteiger partial charge in [0.05, 0.1) is 0 Å². The molecule has 2 bridgehead atoms. The molecular formula is C17H29N. The summed E-state index contributed by atoms with van der Waals surface area (Å²) in [6.07, 6.45) is 18.0. The van der Waals surface area contributed by atoms with Crippen molar-refractivity contribution < 1.29 is 0 Å². The van der Waals surface area contributed by atoms with Gasteiger partial charge in [-0.25, -0.2) is 0 Å². The summed E-state index contributed by atoms with van der Waals surface area (Å²) in [4.78, 5) is 0. The van der Waals surface area contributed by atoms with Crippen molar-refractivity contribution in [2.24, 2.45) is 17.8 Å². The van der Waals surface area contributed by atoms with Gasteiger partial charge in [0.1, 0.15) is 0 Å². The van der Waals surface area contributed by atoms with Crippen LogP contribution in [-0.4, -0.2) is 12.1 Å². The summed E-state index contributed by atoms with van der Waals surface area (Å²) in [6.45, 7) is 2.44. The Morgan fingerprint density at radius 2 is 1.67 bits per heavy atom. The molecule has 3 rings (SSSR count). The van der Waals surface area contributed by atoms with Gasteiger partial charge in [-0.2, -0.15) is 0 Å². The van der Waals surface area contributed by atoms with Gasteiger partial charge in [0.2, 0.25) is 0 Å². The van der Waals surface area contributed by atoms with Crippen LogP contribution in [0.1, 0.15) is 64.7 Å². The number of rotatable bonds is 3. The lowest BCUT2D eigenvalue weighted by atomic mass is 9.86. The second-order valence-corrected chi connectivity index (χ2v) is 6.94. The number of nitrogens with one attached hydrogen (secondary N) is 1. The van der Waals surface area contributed by atoms with Crippen LogP contribution in [0.2, 0.25) is 0 Å². The van der Waals surface area contributed by atoms with Crippen molar-refractivity contribution in [1.29, 1.82) is 0 Å². The standard InChI is InChI=1S/C17H29N/c1-13(17-12-14-9-10-15(17)11-14)18-16-7-5-3-2-4-6-8-16/h9-10,13-18H,2-8,11-12H2,1H3. The zero-order chi connectivity index (χ0) is 12.4. The maximum absolute atomic E-state index is 3.98. The van der Waals surface area contributed by atoms with E-state index in [-0.39, 0.29) is 0 Å². The van der Waals surface area contributed by atoms with E-state index >= 15 is 0 Å². The first-order valence-electron chi connectivity index (χ1n) is 8.27. The minimum Gasteiger partial charge on any atom is -0.311 e. The van der Waals surface area contributed by atoms with Gasteiger partial charge in [0.25, 0.3) is 0 Å². The number of allylic oxidation sites excluding steroid dienone is 2. The lowest BCUT2D eigenvalue weighted by Gasteiger charge is -2.31. The highest BCUT2D eigenvalue weighted by Gasteiger charge is 2.38. The van der Waals surface area contributed by atoms with E-state index in [1.165, 1.54) is 57.8 Å². The van der Waals surface area contributed by atoms with Crippen LogP contribution >= 0.6 is 0 Å². The fourth-order valence-corrected chi connectivity index (χ4v) is 4.52. The van der Waals surface area contributed by atoms with E-state index in [1.807, 2.05) is 0 Å². The topological polar surface area (TPSA) is 12.0 Å². The first-order valence-corrected chi connectivity index (χ1v) is 8.27. The van der Waals surface area contributed by atoms with E-state index in [9.17, 15) is 0 Å². The van der Waals surface area contributed by atoms with Crippen LogP contribution in [-0.2, 0) is 0 Å². The molecule has 4 unspecified atom stereocenters. The molecule has 2 saturated carbocycles. The van der Waals surface area contributed by atoms with E-state index in [2.05, 4.69) is 24.4 Å². The summed E-state index contributed by atoms with van der Waals surface area (Å²) < 4.78 is 0. The van der Waals surface area contributed by atoms with Gasteiger partial charge < -0.3 is 5.32 Å². The average molecular weight is 247 g/mol. The summed E-state index contributed by atoms with van der Waals surface area (Å²) in [5.74, 6) is 2.73. The molecule has 2 fully saturated rings. The van der Waals surface area contributed by atoms with Crippen LogP contribution in [0.3, 0.4) is 0 Å². The molecule has 0 heterocycles. The smallest absolute Gasteiger partial charge is 0.00754 e. The second-order valence-electron chi connectivity index (χ2n) is 6.94. The van der Waals surface area contributed by atoms with Gasteiger partial charge in [0, 0.05) is 12.1 Å². The van der Waals surface area contributed by atoms with Gasteiger partial charge in [-0.05, 0) is 50.4 Å². The monoisotopic (exact) mass is 247 g/mol. The highest BCUT2D eigenvalue weighted by atomic mass is 15.0. The Balaban J connectivity index is 1.50. The van der Waals surface area contributed by atoms with E-state index in [0.29, 0.717) is 0 Å². The normalized spacial score (nSPS) is 38.6. The van der Waals surface area contributed by atoms with Crippen LogP contribution < -0.4 is 5.32 Å². The van der Waals surface area contributed by atoms with Crippen molar-refractivity contribution in [3.8, 4) is 0 Å². The van der Waals surface area contributed by atoms with Gasteiger partial charge in [-0.1, -0.05) is 44.3 Å². The molecule has 1 N–H and O–H groups in total. The molecule has 0 spiro atoms. The average Bonchev–Trinajstić information content (AvgIpc) is 2.94. The van der Waals surface area contributed by atoms with Crippen molar-refractivity contribution >= 4 is 0 Å². The van der Waals surface area contributed by atoms with Crippen LogP contribution in [0.5, 0.6) is 0 Å². The Morgan fingerprint density at radius 1 is 0.944 bits per heavy atom. The molecule has 3 aliphatic rings. The van der Waals surface area contributed by atoms with Crippen LogP contribution in [0.25, 0.3) is 0 Å². The van der Waals surface area contributed by atoms with Gasteiger partial charge in [-0.15, -0.1) is 0 Å². The third-order valence-corrected chi connectivity index (χ3v) is 5.58. The fraction of sp³-hybridized carbons (Fsp3) is 0.882. The van der Waals surface area contributed by atoms with Crippen molar-refractivity contribution in [1.82, 2.24) is 5.32 Å². The van der Waals surface area contributed by atoms with E-state index < -0.39 is 0 Å². The maximum atomic E-state index is 3.98. The summed E-state index contributed by atoms with van der Waals surface area (Å²) >= 11 is 0. The molecule has 0 radical (unpaired) electrons. The highest BCUT2D eigenvalue weighted by molar-refractivity contribution is 5.11. The summed E-state index contributed by atoms with van der Waals surface area (Å²) in [5.41, 5.74) is 0. The Labute approximate surface area is 112 Å². The SMILES string of the molecule is CC(NC1CCCCCCC1)C1CC2C=CC1C2. The Morgan fingerprint density at radius 3 is 2.28 bits per heavy atom. The lowest BCUT2D eigenvalue weighted by Crippen LogP contribution is -2.42. The first kappa shape index (κ1) is 12.7. The van der Waals surface area contributed by atoms with E-state index in [1.54, 1.807) is 0 Å². The Bertz CT molecular complexity index is 288. The quantitative estimate of drug-likeness (QED) is 0.734. The van der Waals surface area contributed by atoms with Crippen LogP contribution in [0.15, 0.2) is 12.2 Å². The molecule has 4 atom stereocenters. The zero-order valence-corrected chi connectivity index (χ0v) is 11.9. The molecule has 18 heavy (non-hydrogen) atoms. The van der Waals surface area contributed by atoms with Crippen molar-refractivity contribution in [3.63, 3.8) is 0 Å². The predicted octanol–water partition coefficient (Wildman–Crippen LogP) is 4.29. The molecule has 0 amide bonds. The summed E-state index contributed by atoms with van der Waals surface area (Å²) in [7, 11) is 0. The van der Waals surface area contributed by atoms with E-state index in [4.69, 9.17) is 0 Å². The summed E-state index contributed by atoms with van der Waals surface area (Å²) in [6, 6.07) is 1.54. The molecule has 3 aliphatic carbocycles. The molecule has 0 aromatic heterocycles. The minimum absolute atomic E-state index is 0.731. The third kappa shape index (κ3) is 2.82. The van der Waals surface area contributed by atoms with Gasteiger partial charge in [0.15, 0.2) is 0 Å². The van der Waals surface area contributed by atoms with E-state index in [0.717, 1.165) is 29.8 Å². The second kappa shape index (κ2) is 5.77. The zero-order valence-electron chi connectivity index (χ0n) is 11.9. The van der Waals surface area contributed by atoms with Crippen LogP contribution in [0.4, 0.5) is 0 Å². The number of fused-ring (bicyclic) bond motifs is 2.